The lowest BCUT2D eigenvalue weighted by Crippen LogP contribution is -2.55. The predicted octanol–water partition coefficient (Wildman–Crippen LogP) is 0.637. The summed E-state index contributed by atoms with van der Waals surface area (Å²) in [5.41, 5.74) is 0.179. The lowest BCUT2D eigenvalue weighted by molar-refractivity contribution is 0.0537. The molecule has 0 bridgehead atoms. The van der Waals surface area contributed by atoms with Crippen molar-refractivity contribution in [2.45, 2.75) is 32.4 Å². The number of rotatable bonds is 5. The van der Waals surface area contributed by atoms with Crippen LogP contribution in [0.3, 0.4) is 0 Å². The van der Waals surface area contributed by atoms with Gasteiger partial charge in [-0.25, -0.2) is 0 Å². The van der Waals surface area contributed by atoms with E-state index in [1.54, 1.807) is 7.11 Å². The number of ether oxygens (including phenoxy) is 1. The molecule has 0 aliphatic carbocycles. The number of nitrogens with one attached hydrogen (secondary N) is 1. The lowest BCUT2D eigenvalue weighted by atomic mass is 10.1. The fourth-order valence-corrected chi connectivity index (χ4v) is 2.10. The number of nitrogens with zero attached hydrogens (tertiary/aromatic N) is 2. The second-order valence-corrected chi connectivity index (χ2v) is 6.08. The summed E-state index contributed by atoms with van der Waals surface area (Å²) in [6.45, 7) is 13.1. The Hall–Kier alpha value is -0.160. The smallest absolute Gasteiger partial charge is 0.0630 e. The van der Waals surface area contributed by atoms with Gasteiger partial charge < -0.3 is 15.0 Å². The molecule has 1 aliphatic rings. The van der Waals surface area contributed by atoms with Crippen LogP contribution in [0.2, 0.25) is 0 Å². The Morgan fingerprint density at radius 1 is 1.18 bits per heavy atom. The molecule has 102 valence electrons. The molecule has 0 aromatic rings. The Morgan fingerprint density at radius 3 is 2.24 bits per heavy atom. The Balaban J connectivity index is 2.41. The average Bonchev–Trinajstić information content (AvgIpc) is 2.24. The summed E-state index contributed by atoms with van der Waals surface area (Å²) in [6.07, 6.45) is 0. The van der Waals surface area contributed by atoms with E-state index >= 15 is 0 Å². The first kappa shape index (κ1) is 14.9. The van der Waals surface area contributed by atoms with Gasteiger partial charge in [-0.1, -0.05) is 0 Å². The van der Waals surface area contributed by atoms with E-state index in [0.717, 1.165) is 39.3 Å². The SMILES string of the molecule is COCC(CNC(C)(C)C)N1CCN(C)CC1. The van der Waals surface area contributed by atoms with Crippen LogP contribution in [-0.2, 0) is 4.74 Å². The predicted molar refractivity (Wildman–Crippen MR) is 72.5 cm³/mol. The molecule has 0 aromatic heterocycles. The van der Waals surface area contributed by atoms with Crippen molar-refractivity contribution in [3.8, 4) is 0 Å². The highest BCUT2D eigenvalue weighted by atomic mass is 16.5. The Kier molecular flexibility index (Phi) is 5.86. The van der Waals surface area contributed by atoms with Gasteiger partial charge in [-0.15, -0.1) is 0 Å². The maximum atomic E-state index is 5.35. The molecule has 0 aromatic carbocycles. The molecule has 0 amide bonds. The van der Waals surface area contributed by atoms with Crippen LogP contribution >= 0.6 is 0 Å². The molecule has 4 nitrogen and oxygen atoms in total. The second kappa shape index (κ2) is 6.69. The molecule has 1 heterocycles. The average molecular weight is 243 g/mol. The maximum absolute atomic E-state index is 5.35. The molecule has 1 aliphatic heterocycles. The van der Waals surface area contributed by atoms with Gasteiger partial charge in [0.05, 0.1) is 6.61 Å². The van der Waals surface area contributed by atoms with E-state index in [9.17, 15) is 0 Å². The van der Waals surface area contributed by atoms with Crippen LogP contribution in [0.15, 0.2) is 0 Å². The van der Waals surface area contributed by atoms with Crippen molar-refractivity contribution in [1.29, 1.82) is 0 Å². The van der Waals surface area contributed by atoms with E-state index < -0.39 is 0 Å². The van der Waals surface area contributed by atoms with Gasteiger partial charge in [-0.3, -0.25) is 4.90 Å². The van der Waals surface area contributed by atoms with Gasteiger partial charge in [0.2, 0.25) is 0 Å². The molecule has 1 atom stereocenters. The summed E-state index contributed by atoms with van der Waals surface area (Å²) >= 11 is 0. The molecule has 0 spiro atoms. The van der Waals surface area contributed by atoms with Crippen molar-refractivity contribution >= 4 is 0 Å². The van der Waals surface area contributed by atoms with Crippen LogP contribution in [0.5, 0.6) is 0 Å². The Bertz CT molecular complexity index is 207. The number of hydrogen-bond donors (Lipinski definition) is 1. The van der Waals surface area contributed by atoms with Gasteiger partial charge in [0.25, 0.3) is 0 Å². The molecular weight excluding hydrogens is 214 g/mol. The minimum absolute atomic E-state index is 0.179. The van der Waals surface area contributed by atoms with Crippen molar-refractivity contribution in [1.82, 2.24) is 15.1 Å². The molecule has 1 rings (SSSR count). The largest absolute Gasteiger partial charge is 0.383 e. The van der Waals surface area contributed by atoms with Crippen LogP contribution < -0.4 is 5.32 Å². The van der Waals surface area contributed by atoms with Crippen LogP contribution in [0.25, 0.3) is 0 Å². The first-order chi connectivity index (χ1) is 7.92. The van der Waals surface area contributed by atoms with Gasteiger partial charge in [0.15, 0.2) is 0 Å². The molecule has 1 saturated heterocycles. The zero-order chi connectivity index (χ0) is 12.9. The lowest BCUT2D eigenvalue weighted by Gasteiger charge is -2.38. The van der Waals surface area contributed by atoms with Crippen LogP contribution in [0.1, 0.15) is 20.8 Å². The summed E-state index contributed by atoms with van der Waals surface area (Å²) < 4.78 is 5.35. The minimum Gasteiger partial charge on any atom is -0.383 e. The molecule has 17 heavy (non-hydrogen) atoms. The quantitative estimate of drug-likeness (QED) is 0.767. The number of likely N-dealkylation sites (N-methyl/N-ethyl adjacent to an activating group) is 1. The van der Waals surface area contributed by atoms with Gasteiger partial charge in [-0.2, -0.15) is 0 Å². The summed E-state index contributed by atoms with van der Waals surface area (Å²) in [4.78, 5) is 4.93. The summed E-state index contributed by atoms with van der Waals surface area (Å²) in [5.74, 6) is 0. The third kappa shape index (κ3) is 5.82. The minimum atomic E-state index is 0.179. The van der Waals surface area contributed by atoms with E-state index in [0.29, 0.717) is 6.04 Å². The van der Waals surface area contributed by atoms with Crippen LogP contribution in [-0.4, -0.2) is 74.9 Å². The normalized spacial score (nSPS) is 21.7. The maximum Gasteiger partial charge on any atom is 0.0630 e. The standard InChI is InChI=1S/C13H29N3O/c1-13(2,3)14-10-12(11-17-5)16-8-6-15(4)7-9-16/h12,14H,6-11H2,1-5H3. The molecule has 0 saturated carbocycles. The highest BCUT2D eigenvalue weighted by Gasteiger charge is 2.23. The molecule has 0 radical (unpaired) electrons. The third-order valence-electron chi connectivity index (χ3n) is 3.28. The Labute approximate surface area is 106 Å². The molecule has 4 heteroatoms. The van der Waals surface area contributed by atoms with Crippen molar-refractivity contribution in [3.63, 3.8) is 0 Å². The fourth-order valence-electron chi connectivity index (χ4n) is 2.10. The van der Waals surface area contributed by atoms with Crippen LogP contribution in [0, 0.1) is 0 Å². The van der Waals surface area contributed by atoms with Crippen LogP contribution in [0.4, 0.5) is 0 Å². The van der Waals surface area contributed by atoms with Crippen molar-refractivity contribution in [2.24, 2.45) is 0 Å². The summed E-state index contributed by atoms with van der Waals surface area (Å²) in [5, 5.41) is 3.58. The van der Waals surface area contributed by atoms with E-state index in [2.05, 4.69) is 42.9 Å². The number of piperazine rings is 1. The van der Waals surface area contributed by atoms with E-state index in [4.69, 9.17) is 4.74 Å². The summed E-state index contributed by atoms with van der Waals surface area (Å²) in [7, 11) is 3.98. The summed E-state index contributed by atoms with van der Waals surface area (Å²) in [6, 6.07) is 0.493. The second-order valence-electron chi connectivity index (χ2n) is 6.08. The number of methoxy groups -OCH3 is 1. The van der Waals surface area contributed by atoms with E-state index in [-0.39, 0.29) is 5.54 Å². The molecule has 1 N–H and O–H groups in total. The number of hydrogen-bond acceptors (Lipinski definition) is 4. The van der Waals surface area contributed by atoms with Crippen molar-refractivity contribution in [2.75, 3.05) is 53.5 Å². The molecular formula is C13H29N3O. The first-order valence-electron chi connectivity index (χ1n) is 6.59. The molecule has 1 unspecified atom stereocenters. The van der Waals surface area contributed by atoms with E-state index in [1.165, 1.54) is 0 Å². The Morgan fingerprint density at radius 2 is 1.76 bits per heavy atom. The zero-order valence-electron chi connectivity index (χ0n) is 12.1. The highest BCUT2D eigenvalue weighted by molar-refractivity contribution is 4.82. The molecule has 1 fully saturated rings. The topological polar surface area (TPSA) is 27.7 Å². The highest BCUT2D eigenvalue weighted by Crippen LogP contribution is 2.07. The third-order valence-corrected chi connectivity index (χ3v) is 3.28. The van der Waals surface area contributed by atoms with Crippen molar-refractivity contribution < 1.29 is 4.74 Å². The van der Waals surface area contributed by atoms with Gasteiger partial charge >= 0.3 is 0 Å². The zero-order valence-corrected chi connectivity index (χ0v) is 12.1. The van der Waals surface area contributed by atoms with Crippen molar-refractivity contribution in [3.05, 3.63) is 0 Å². The van der Waals surface area contributed by atoms with Gasteiger partial charge in [-0.05, 0) is 27.8 Å². The van der Waals surface area contributed by atoms with E-state index in [1.807, 2.05) is 0 Å². The fraction of sp³-hybridized carbons (Fsp3) is 1.00. The van der Waals surface area contributed by atoms with Gasteiger partial charge in [0, 0.05) is 51.4 Å². The monoisotopic (exact) mass is 243 g/mol. The van der Waals surface area contributed by atoms with Gasteiger partial charge in [0.1, 0.15) is 0 Å². The first-order valence-corrected chi connectivity index (χ1v) is 6.59.